The zero-order valence-corrected chi connectivity index (χ0v) is 5.21. The van der Waals surface area contributed by atoms with Crippen LogP contribution in [0.15, 0.2) is 17.1 Å². The molecule has 0 amide bonds. The molecule has 48 valence electrons. The third-order valence-electron chi connectivity index (χ3n) is 1.74. The van der Waals surface area contributed by atoms with Crippen LogP contribution in [0.2, 0.25) is 0 Å². The maximum absolute atomic E-state index is 5.30. The van der Waals surface area contributed by atoms with Gasteiger partial charge in [0.1, 0.15) is 12.8 Å². The van der Waals surface area contributed by atoms with Crippen LogP contribution in [0.1, 0.15) is 12.8 Å². The van der Waals surface area contributed by atoms with Crippen LogP contribution in [-0.2, 0) is 4.74 Å². The van der Waals surface area contributed by atoms with E-state index in [0.717, 1.165) is 18.6 Å². The summed E-state index contributed by atoms with van der Waals surface area (Å²) in [5.74, 6) is 0. The van der Waals surface area contributed by atoms with E-state index >= 15 is 0 Å². The van der Waals surface area contributed by atoms with Crippen molar-refractivity contribution in [2.24, 2.45) is 4.99 Å². The summed E-state index contributed by atoms with van der Waals surface area (Å²) in [5, 5.41) is 0. The minimum atomic E-state index is 0.329. The molecule has 1 aliphatic carbocycles. The maximum atomic E-state index is 5.30. The third-order valence-corrected chi connectivity index (χ3v) is 1.74. The Morgan fingerprint density at radius 1 is 1.67 bits per heavy atom. The lowest BCUT2D eigenvalue weighted by Gasteiger charge is -2.11. The van der Waals surface area contributed by atoms with Crippen molar-refractivity contribution in [2.45, 2.75) is 18.9 Å². The molecule has 2 heteroatoms. The largest absolute Gasteiger partial charge is 0.350 e. The summed E-state index contributed by atoms with van der Waals surface area (Å²) in [6.45, 7) is 0.574. The van der Waals surface area contributed by atoms with Crippen molar-refractivity contribution in [1.82, 2.24) is 0 Å². The zero-order chi connectivity index (χ0) is 6.10. The van der Waals surface area contributed by atoms with Crippen molar-refractivity contribution in [3.05, 3.63) is 12.2 Å². The van der Waals surface area contributed by atoms with Crippen LogP contribution in [0.4, 0.5) is 0 Å². The topological polar surface area (TPSA) is 21.6 Å². The van der Waals surface area contributed by atoms with E-state index < -0.39 is 0 Å². The Labute approximate surface area is 54.2 Å². The maximum Gasteiger partial charge on any atom is 0.138 e. The fraction of sp³-hybridized carbons (Fsp3) is 0.571. The Balaban J connectivity index is 2.24. The number of fused-ring (bicyclic) bond motifs is 1. The first-order valence-electron chi connectivity index (χ1n) is 3.29. The summed E-state index contributed by atoms with van der Waals surface area (Å²) >= 11 is 0. The molecule has 0 aromatic heterocycles. The first-order chi connectivity index (χ1) is 4.47. The van der Waals surface area contributed by atoms with Gasteiger partial charge >= 0.3 is 0 Å². The summed E-state index contributed by atoms with van der Waals surface area (Å²) < 4.78 is 5.30. The van der Waals surface area contributed by atoms with E-state index in [0.29, 0.717) is 12.8 Å². The number of allylic oxidation sites excluding steroid dienone is 1. The highest BCUT2D eigenvalue weighted by Crippen LogP contribution is 2.16. The summed E-state index contributed by atoms with van der Waals surface area (Å²) in [6.07, 6.45) is 6.82. The van der Waals surface area contributed by atoms with Gasteiger partial charge in [0, 0.05) is 0 Å². The van der Waals surface area contributed by atoms with E-state index in [1.54, 1.807) is 0 Å². The molecule has 1 atom stereocenters. The first-order valence-corrected chi connectivity index (χ1v) is 3.29. The molecule has 0 saturated heterocycles. The van der Waals surface area contributed by atoms with Crippen LogP contribution in [0.25, 0.3) is 0 Å². The summed E-state index contributed by atoms with van der Waals surface area (Å²) in [4.78, 5) is 4.17. The Kier molecular flexibility index (Phi) is 1.12. The molecule has 9 heavy (non-hydrogen) atoms. The van der Waals surface area contributed by atoms with Crippen molar-refractivity contribution >= 4 is 5.71 Å². The van der Waals surface area contributed by atoms with E-state index in [1.807, 2.05) is 0 Å². The lowest BCUT2D eigenvalue weighted by atomic mass is 10.0. The van der Waals surface area contributed by atoms with Crippen molar-refractivity contribution in [2.75, 3.05) is 6.73 Å². The number of rotatable bonds is 0. The first kappa shape index (κ1) is 5.18. The van der Waals surface area contributed by atoms with Gasteiger partial charge in [0.15, 0.2) is 0 Å². The SMILES string of the molecule is C1=CC2=NCOC2CC1. The Bertz CT molecular complexity index is 172. The molecule has 2 aliphatic rings. The number of aliphatic imine (C=N–C) groups is 1. The molecule has 0 N–H and O–H groups in total. The minimum Gasteiger partial charge on any atom is -0.350 e. The van der Waals surface area contributed by atoms with Crippen LogP contribution in [-0.4, -0.2) is 18.5 Å². The van der Waals surface area contributed by atoms with E-state index in [-0.39, 0.29) is 0 Å². The monoisotopic (exact) mass is 123 g/mol. The van der Waals surface area contributed by atoms with Crippen LogP contribution in [0.5, 0.6) is 0 Å². The minimum absolute atomic E-state index is 0.329. The number of ether oxygens (including phenoxy) is 1. The molecule has 0 radical (unpaired) electrons. The smallest absolute Gasteiger partial charge is 0.138 e. The third kappa shape index (κ3) is 0.793. The highest BCUT2D eigenvalue weighted by molar-refractivity contribution is 6.00. The van der Waals surface area contributed by atoms with Crippen molar-refractivity contribution in [1.29, 1.82) is 0 Å². The van der Waals surface area contributed by atoms with Gasteiger partial charge in [-0.3, -0.25) is 4.99 Å². The molecule has 0 fully saturated rings. The van der Waals surface area contributed by atoms with Gasteiger partial charge in [0.2, 0.25) is 0 Å². The Hall–Kier alpha value is -0.630. The van der Waals surface area contributed by atoms with Crippen LogP contribution in [0, 0.1) is 0 Å². The number of hydrogen-bond acceptors (Lipinski definition) is 2. The average Bonchev–Trinajstić information content (AvgIpc) is 2.33. The number of hydrogen-bond donors (Lipinski definition) is 0. The molecule has 2 nitrogen and oxygen atoms in total. The van der Waals surface area contributed by atoms with Gasteiger partial charge < -0.3 is 4.74 Å². The lowest BCUT2D eigenvalue weighted by molar-refractivity contribution is 0.120. The van der Waals surface area contributed by atoms with E-state index in [9.17, 15) is 0 Å². The number of nitrogens with zero attached hydrogens (tertiary/aromatic N) is 1. The summed E-state index contributed by atoms with van der Waals surface area (Å²) in [7, 11) is 0. The molecule has 0 bridgehead atoms. The van der Waals surface area contributed by atoms with Gasteiger partial charge in [-0.1, -0.05) is 6.08 Å². The standard InChI is InChI=1S/C7H9NO/c1-2-4-7-6(3-1)8-5-9-7/h1,3,7H,2,4-5H2. The van der Waals surface area contributed by atoms with Crippen LogP contribution < -0.4 is 0 Å². The molecule has 0 aromatic carbocycles. The van der Waals surface area contributed by atoms with Gasteiger partial charge in [-0.2, -0.15) is 0 Å². The van der Waals surface area contributed by atoms with Gasteiger partial charge in [-0.15, -0.1) is 0 Å². The Morgan fingerprint density at radius 2 is 2.67 bits per heavy atom. The normalized spacial score (nSPS) is 32.0. The predicted molar refractivity (Wildman–Crippen MR) is 35.5 cm³/mol. The second-order valence-corrected chi connectivity index (χ2v) is 2.35. The molecule has 1 aliphatic heterocycles. The second-order valence-electron chi connectivity index (χ2n) is 2.35. The molecular formula is C7H9NO. The highest BCUT2D eigenvalue weighted by atomic mass is 16.5. The van der Waals surface area contributed by atoms with Crippen LogP contribution in [0.3, 0.4) is 0 Å². The van der Waals surface area contributed by atoms with E-state index in [1.165, 1.54) is 0 Å². The van der Waals surface area contributed by atoms with Gasteiger partial charge in [0.05, 0.1) is 5.71 Å². The van der Waals surface area contributed by atoms with E-state index in [2.05, 4.69) is 17.1 Å². The summed E-state index contributed by atoms with van der Waals surface area (Å²) in [6, 6.07) is 0. The quantitative estimate of drug-likeness (QED) is 0.473. The highest BCUT2D eigenvalue weighted by Gasteiger charge is 2.20. The second kappa shape index (κ2) is 1.95. The van der Waals surface area contributed by atoms with Gasteiger partial charge in [-0.05, 0) is 18.9 Å². The van der Waals surface area contributed by atoms with E-state index in [4.69, 9.17) is 4.74 Å². The van der Waals surface area contributed by atoms with Crippen molar-refractivity contribution < 1.29 is 4.74 Å². The van der Waals surface area contributed by atoms with Gasteiger partial charge in [0.25, 0.3) is 0 Å². The lowest BCUT2D eigenvalue weighted by Crippen LogP contribution is -2.18. The summed E-state index contributed by atoms with van der Waals surface area (Å²) in [5.41, 5.74) is 1.14. The zero-order valence-electron chi connectivity index (χ0n) is 5.21. The molecule has 1 heterocycles. The molecule has 2 rings (SSSR count). The Morgan fingerprint density at radius 3 is 3.56 bits per heavy atom. The fourth-order valence-electron chi connectivity index (χ4n) is 1.23. The van der Waals surface area contributed by atoms with Crippen molar-refractivity contribution in [3.63, 3.8) is 0 Å². The molecule has 0 saturated carbocycles. The molecule has 0 spiro atoms. The molecular weight excluding hydrogens is 114 g/mol. The van der Waals surface area contributed by atoms with Gasteiger partial charge in [-0.25, -0.2) is 0 Å². The van der Waals surface area contributed by atoms with Crippen LogP contribution >= 0.6 is 0 Å². The average molecular weight is 123 g/mol. The predicted octanol–water partition coefficient (Wildman–Crippen LogP) is 1.13. The molecule has 1 unspecified atom stereocenters. The molecule has 0 aromatic rings. The van der Waals surface area contributed by atoms with Crippen molar-refractivity contribution in [3.8, 4) is 0 Å². The fourth-order valence-corrected chi connectivity index (χ4v) is 1.23.